The van der Waals surface area contributed by atoms with Gasteiger partial charge in [-0.3, -0.25) is 14.4 Å². The lowest BCUT2D eigenvalue weighted by atomic mass is 9.32. The van der Waals surface area contributed by atoms with Crippen LogP contribution in [0.5, 0.6) is 0 Å². The van der Waals surface area contributed by atoms with E-state index in [9.17, 15) is 14.4 Å². The first-order chi connectivity index (χ1) is 21.6. The number of fused-ring (bicyclic) bond motifs is 7. The second-order valence-electron chi connectivity index (χ2n) is 18.2. The Morgan fingerprint density at radius 3 is 2.09 bits per heavy atom. The molecule has 2 N–H and O–H groups in total. The second kappa shape index (κ2) is 13.3. The fraction of sp³-hybridized carbons (Fsp3) is 0.878. The van der Waals surface area contributed by atoms with Crippen molar-refractivity contribution in [1.82, 2.24) is 5.32 Å². The van der Waals surface area contributed by atoms with Crippen molar-refractivity contribution >= 4 is 17.7 Å². The monoisotopic (exact) mass is 638 g/mol. The minimum Gasteiger partial charge on any atom is -0.481 e. The van der Waals surface area contributed by atoms with Crippen molar-refractivity contribution in [3.05, 3.63) is 12.2 Å². The summed E-state index contributed by atoms with van der Waals surface area (Å²) >= 11 is 0. The first-order valence-electron chi connectivity index (χ1n) is 19.3. The molecule has 0 heterocycles. The number of hydrogen-bond acceptors (Lipinski definition) is 3. The Kier molecular flexibility index (Phi) is 10.3. The topological polar surface area (TPSA) is 83.5 Å². The number of carbonyl (C=O) groups excluding carboxylic acids is 2. The standard InChI is InChI=1S/C41H67NO4/c1-28(2)29-19-24-41(36(46)42-27-15-13-11-9-8-10-12-14-16-34(44)45)26-25-39(6)30(35(29)41)17-18-32-38(5)22-21-33(43)37(3,4)31(38)20-23-40(32,39)7/h29-32,35H,1,8-27H2,2-7H3,(H,42,46)(H,44,45)/t29-,30+,31-,32+,35+,38-,39+,40+,41-/m0/s1. The maximum atomic E-state index is 14.3. The van der Waals surface area contributed by atoms with Crippen molar-refractivity contribution in [1.29, 1.82) is 0 Å². The van der Waals surface area contributed by atoms with Crippen LogP contribution in [0.4, 0.5) is 0 Å². The van der Waals surface area contributed by atoms with Crippen LogP contribution in [-0.2, 0) is 14.4 Å². The zero-order valence-electron chi connectivity index (χ0n) is 30.4. The van der Waals surface area contributed by atoms with Crippen molar-refractivity contribution < 1.29 is 19.5 Å². The van der Waals surface area contributed by atoms with Crippen molar-refractivity contribution in [3.8, 4) is 0 Å². The third-order valence-electron chi connectivity index (χ3n) is 15.9. The molecule has 0 bridgehead atoms. The van der Waals surface area contributed by atoms with Gasteiger partial charge in [-0.2, -0.15) is 0 Å². The number of Topliss-reactive ketones (excluding diaryl/α,β-unsaturated/α-hetero) is 1. The van der Waals surface area contributed by atoms with E-state index in [0.717, 1.165) is 83.6 Å². The molecule has 1 amide bonds. The summed E-state index contributed by atoms with van der Waals surface area (Å²) in [6.07, 6.45) is 19.8. The number of carbonyl (C=O) groups is 3. The number of amides is 1. The van der Waals surface area contributed by atoms with Gasteiger partial charge in [0.1, 0.15) is 5.78 Å². The lowest BCUT2D eigenvalue weighted by Gasteiger charge is -2.72. The van der Waals surface area contributed by atoms with Crippen molar-refractivity contribution in [2.45, 2.75) is 164 Å². The smallest absolute Gasteiger partial charge is 0.303 e. The Morgan fingerprint density at radius 2 is 1.43 bits per heavy atom. The van der Waals surface area contributed by atoms with Crippen LogP contribution < -0.4 is 5.32 Å². The number of aliphatic carboxylic acids is 1. The van der Waals surface area contributed by atoms with Gasteiger partial charge in [0.05, 0.1) is 5.41 Å². The number of carboxylic acid groups (broad SMARTS) is 1. The summed E-state index contributed by atoms with van der Waals surface area (Å²) in [4.78, 5) is 38.1. The predicted octanol–water partition coefficient (Wildman–Crippen LogP) is 9.92. The lowest BCUT2D eigenvalue weighted by Crippen LogP contribution is -2.67. The maximum Gasteiger partial charge on any atom is 0.303 e. The predicted molar refractivity (Wildman–Crippen MR) is 186 cm³/mol. The van der Waals surface area contributed by atoms with E-state index < -0.39 is 5.97 Å². The van der Waals surface area contributed by atoms with Crippen LogP contribution in [0.1, 0.15) is 164 Å². The van der Waals surface area contributed by atoms with Gasteiger partial charge in [0.2, 0.25) is 5.91 Å². The average Bonchev–Trinajstić information content (AvgIpc) is 3.39. The van der Waals surface area contributed by atoms with E-state index >= 15 is 0 Å². The molecule has 5 fully saturated rings. The molecular formula is C41H67NO4. The zero-order valence-corrected chi connectivity index (χ0v) is 30.4. The van der Waals surface area contributed by atoms with E-state index in [1.807, 2.05) is 0 Å². The molecule has 5 aliphatic rings. The molecule has 5 heteroatoms. The SMILES string of the molecule is C=C(C)[C@@H]1CC[C@]2(C(=O)NCCCCCCCCCCC(=O)O)CC[C@]3(C)[C@H](CC[C@@H]4[C@@]5(C)CCC(=O)C(C)(C)[C@@H]5CC[C@]43C)[C@@H]12. The highest BCUT2D eigenvalue weighted by atomic mass is 16.4. The summed E-state index contributed by atoms with van der Waals surface area (Å²) in [6, 6.07) is 0. The van der Waals surface area contributed by atoms with Gasteiger partial charge in [0.15, 0.2) is 0 Å². The van der Waals surface area contributed by atoms with E-state index in [1.54, 1.807) is 0 Å². The van der Waals surface area contributed by atoms with Gasteiger partial charge < -0.3 is 10.4 Å². The maximum absolute atomic E-state index is 14.3. The van der Waals surface area contributed by atoms with Crippen molar-refractivity contribution in [3.63, 3.8) is 0 Å². The summed E-state index contributed by atoms with van der Waals surface area (Å²) in [6.45, 7) is 19.8. The van der Waals surface area contributed by atoms with Gasteiger partial charge in [0, 0.05) is 24.8 Å². The highest BCUT2D eigenvalue weighted by Crippen LogP contribution is 2.77. The molecule has 0 aromatic rings. The summed E-state index contributed by atoms with van der Waals surface area (Å²) in [5, 5.41) is 12.3. The molecule has 0 aromatic carbocycles. The molecule has 0 radical (unpaired) electrons. The molecule has 5 rings (SSSR count). The van der Waals surface area contributed by atoms with E-state index in [2.05, 4.69) is 53.4 Å². The van der Waals surface area contributed by atoms with Crippen LogP contribution in [0.15, 0.2) is 12.2 Å². The summed E-state index contributed by atoms with van der Waals surface area (Å²) < 4.78 is 0. The van der Waals surface area contributed by atoms with Gasteiger partial charge in [0.25, 0.3) is 0 Å². The average molecular weight is 638 g/mol. The molecule has 260 valence electrons. The van der Waals surface area contributed by atoms with E-state index in [0.29, 0.717) is 41.3 Å². The Hall–Kier alpha value is -1.65. The number of rotatable bonds is 13. The molecule has 5 aliphatic carbocycles. The first kappa shape index (κ1) is 35.7. The van der Waals surface area contributed by atoms with E-state index in [-0.39, 0.29) is 33.5 Å². The molecule has 46 heavy (non-hydrogen) atoms. The largest absolute Gasteiger partial charge is 0.481 e. The normalized spacial score (nSPS) is 41.1. The Balaban J connectivity index is 1.24. The number of hydrogen-bond donors (Lipinski definition) is 2. The number of carboxylic acids is 1. The van der Waals surface area contributed by atoms with Crippen LogP contribution in [-0.4, -0.2) is 29.3 Å². The number of nitrogens with one attached hydrogen (secondary N) is 1. The highest BCUT2D eigenvalue weighted by Gasteiger charge is 2.71. The third-order valence-corrected chi connectivity index (χ3v) is 15.9. The molecular weight excluding hydrogens is 570 g/mol. The van der Waals surface area contributed by atoms with Crippen LogP contribution in [0.2, 0.25) is 0 Å². The van der Waals surface area contributed by atoms with Crippen LogP contribution in [0.25, 0.3) is 0 Å². The highest BCUT2D eigenvalue weighted by molar-refractivity contribution is 5.85. The van der Waals surface area contributed by atoms with E-state index in [4.69, 9.17) is 5.11 Å². The van der Waals surface area contributed by atoms with Crippen molar-refractivity contribution in [2.75, 3.05) is 6.54 Å². The zero-order chi connectivity index (χ0) is 33.5. The molecule has 5 nitrogen and oxygen atoms in total. The molecule has 5 saturated carbocycles. The van der Waals surface area contributed by atoms with Gasteiger partial charge in [-0.15, -0.1) is 0 Å². The lowest BCUT2D eigenvalue weighted by molar-refractivity contribution is -0.233. The minimum atomic E-state index is -0.690. The molecule has 0 unspecified atom stereocenters. The summed E-state index contributed by atoms with van der Waals surface area (Å²) in [5.74, 6) is 2.61. The molecule has 9 atom stereocenters. The van der Waals surface area contributed by atoms with Gasteiger partial charge in [-0.05, 0) is 123 Å². The Labute approximate surface area is 280 Å². The van der Waals surface area contributed by atoms with E-state index in [1.165, 1.54) is 44.1 Å². The first-order valence-corrected chi connectivity index (χ1v) is 19.3. The molecule has 0 spiro atoms. The van der Waals surface area contributed by atoms with Crippen LogP contribution >= 0.6 is 0 Å². The van der Waals surface area contributed by atoms with Crippen molar-refractivity contribution in [2.24, 2.45) is 56.7 Å². The number of allylic oxidation sites excluding steroid dienone is 1. The molecule has 0 aliphatic heterocycles. The number of unbranched alkanes of at least 4 members (excludes halogenated alkanes) is 7. The molecule has 0 aromatic heterocycles. The summed E-state index contributed by atoms with van der Waals surface area (Å²) in [7, 11) is 0. The Bertz CT molecular complexity index is 1170. The Morgan fingerprint density at radius 1 is 0.783 bits per heavy atom. The summed E-state index contributed by atoms with van der Waals surface area (Å²) in [5.41, 5.74) is 1.46. The van der Waals surface area contributed by atoms with Crippen LogP contribution in [0, 0.1) is 56.7 Å². The minimum absolute atomic E-state index is 0.204. The molecule has 0 saturated heterocycles. The fourth-order valence-corrected chi connectivity index (χ4v) is 13.2. The van der Waals surface area contributed by atoms with Crippen LogP contribution in [0.3, 0.4) is 0 Å². The third kappa shape index (κ3) is 5.84. The second-order valence-corrected chi connectivity index (χ2v) is 18.2. The fourth-order valence-electron chi connectivity index (χ4n) is 13.2. The number of ketones is 1. The van der Waals surface area contributed by atoms with Gasteiger partial charge in [-0.25, -0.2) is 0 Å². The van der Waals surface area contributed by atoms with Gasteiger partial charge >= 0.3 is 5.97 Å². The van der Waals surface area contributed by atoms with Gasteiger partial charge in [-0.1, -0.05) is 85.3 Å². The quantitative estimate of drug-likeness (QED) is 0.156.